The second-order valence-electron chi connectivity index (χ2n) is 6.40. The molecule has 2 fully saturated rings. The first-order valence-electron chi connectivity index (χ1n) is 8.57. The Bertz CT molecular complexity index is 507. The lowest BCUT2D eigenvalue weighted by Crippen LogP contribution is -2.41. The molecule has 1 saturated carbocycles. The predicted molar refractivity (Wildman–Crippen MR) is 106 cm³/mol. The van der Waals surface area contributed by atoms with Crippen molar-refractivity contribution in [3.63, 3.8) is 0 Å². The van der Waals surface area contributed by atoms with Crippen LogP contribution in [0, 0.1) is 0 Å². The lowest BCUT2D eigenvalue weighted by molar-refractivity contribution is 0.412. The number of aromatic nitrogens is 1. The highest BCUT2D eigenvalue weighted by Gasteiger charge is 2.14. The minimum Gasteiger partial charge on any atom is -0.370 e. The number of anilines is 1. The molecule has 2 aliphatic rings. The van der Waals surface area contributed by atoms with Crippen molar-refractivity contribution in [1.82, 2.24) is 10.3 Å². The van der Waals surface area contributed by atoms with Gasteiger partial charge in [-0.2, -0.15) is 0 Å². The predicted octanol–water partition coefficient (Wildman–Crippen LogP) is 3.04. The smallest absolute Gasteiger partial charge is 0.189 e. The van der Waals surface area contributed by atoms with Crippen molar-refractivity contribution in [2.45, 2.75) is 57.5 Å². The fraction of sp³-hybridized carbons (Fsp3) is 0.647. The van der Waals surface area contributed by atoms with Crippen molar-refractivity contribution >= 4 is 35.8 Å². The number of hydrogen-bond donors (Lipinski definition) is 2. The molecule has 1 aliphatic heterocycles. The van der Waals surface area contributed by atoms with E-state index in [4.69, 9.17) is 5.73 Å². The Morgan fingerprint density at radius 3 is 2.70 bits per heavy atom. The fourth-order valence-electron chi connectivity index (χ4n) is 3.36. The van der Waals surface area contributed by atoms with Gasteiger partial charge in [0.05, 0.1) is 6.54 Å². The van der Waals surface area contributed by atoms with Crippen LogP contribution in [0.1, 0.15) is 50.5 Å². The lowest BCUT2D eigenvalue weighted by atomic mass is 9.96. The van der Waals surface area contributed by atoms with Gasteiger partial charge in [0.25, 0.3) is 0 Å². The van der Waals surface area contributed by atoms with Crippen LogP contribution < -0.4 is 16.0 Å². The first kappa shape index (κ1) is 18.3. The largest absolute Gasteiger partial charge is 0.370 e. The molecule has 0 spiro atoms. The molecule has 128 valence electrons. The second kappa shape index (κ2) is 9.30. The molecular formula is C17H28IN5. The standard InChI is InChI=1S/C17H27N5.HI/c18-17(21-15-6-2-1-3-7-15)20-13-14-8-9-19-16(12-14)22-10-4-5-11-22;/h8-9,12,15H,1-7,10-11,13H2,(H3,18,20,21);1H. The third-order valence-corrected chi connectivity index (χ3v) is 4.63. The van der Waals surface area contributed by atoms with Crippen molar-refractivity contribution in [3.05, 3.63) is 23.9 Å². The molecular weight excluding hydrogens is 401 g/mol. The van der Waals surface area contributed by atoms with Crippen LogP contribution in [-0.4, -0.2) is 30.1 Å². The molecule has 0 amide bonds. The van der Waals surface area contributed by atoms with E-state index in [1.807, 2.05) is 12.3 Å². The number of guanidine groups is 1. The quantitative estimate of drug-likeness (QED) is 0.439. The van der Waals surface area contributed by atoms with Crippen LogP contribution in [0.15, 0.2) is 23.3 Å². The van der Waals surface area contributed by atoms with E-state index in [1.165, 1.54) is 50.5 Å². The zero-order valence-corrected chi connectivity index (χ0v) is 16.0. The maximum absolute atomic E-state index is 6.03. The molecule has 0 atom stereocenters. The molecule has 1 saturated heterocycles. The van der Waals surface area contributed by atoms with Crippen LogP contribution in [0.3, 0.4) is 0 Å². The van der Waals surface area contributed by atoms with Crippen LogP contribution in [0.5, 0.6) is 0 Å². The van der Waals surface area contributed by atoms with Gasteiger partial charge in [-0.3, -0.25) is 0 Å². The molecule has 0 bridgehead atoms. The third kappa shape index (κ3) is 5.51. The van der Waals surface area contributed by atoms with E-state index < -0.39 is 0 Å². The molecule has 6 heteroatoms. The summed E-state index contributed by atoms with van der Waals surface area (Å²) >= 11 is 0. The zero-order chi connectivity index (χ0) is 15.2. The Labute approximate surface area is 156 Å². The Hall–Kier alpha value is -1.05. The summed E-state index contributed by atoms with van der Waals surface area (Å²) in [5, 5.41) is 3.36. The number of halogens is 1. The maximum atomic E-state index is 6.03. The van der Waals surface area contributed by atoms with E-state index in [9.17, 15) is 0 Å². The second-order valence-corrected chi connectivity index (χ2v) is 6.40. The summed E-state index contributed by atoms with van der Waals surface area (Å²) in [4.78, 5) is 11.3. The van der Waals surface area contributed by atoms with E-state index in [2.05, 4.69) is 26.3 Å². The normalized spacial score (nSPS) is 19.5. The van der Waals surface area contributed by atoms with E-state index in [1.54, 1.807) is 0 Å². The van der Waals surface area contributed by atoms with Gasteiger partial charge in [-0.1, -0.05) is 19.3 Å². The summed E-state index contributed by atoms with van der Waals surface area (Å²) in [5.74, 6) is 1.65. The Morgan fingerprint density at radius 2 is 1.96 bits per heavy atom. The molecule has 5 nitrogen and oxygen atoms in total. The van der Waals surface area contributed by atoms with Gasteiger partial charge >= 0.3 is 0 Å². The molecule has 23 heavy (non-hydrogen) atoms. The van der Waals surface area contributed by atoms with Crippen molar-refractivity contribution in [2.24, 2.45) is 10.7 Å². The van der Waals surface area contributed by atoms with Crippen molar-refractivity contribution in [1.29, 1.82) is 0 Å². The Balaban J connectivity index is 0.00000192. The number of nitrogens with zero attached hydrogens (tertiary/aromatic N) is 3. The van der Waals surface area contributed by atoms with Crippen molar-refractivity contribution < 1.29 is 0 Å². The average Bonchev–Trinajstić information content (AvgIpc) is 3.09. The fourth-order valence-corrected chi connectivity index (χ4v) is 3.36. The first-order valence-corrected chi connectivity index (χ1v) is 8.57. The van der Waals surface area contributed by atoms with Gasteiger partial charge in [-0.25, -0.2) is 9.98 Å². The van der Waals surface area contributed by atoms with Crippen LogP contribution in [-0.2, 0) is 6.54 Å². The monoisotopic (exact) mass is 429 g/mol. The zero-order valence-electron chi connectivity index (χ0n) is 13.7. The molecule has 1 aromatic rings. The number of nitrogens with two attached hydrogens (primary N) is 1. The highest BCUT2D eigenvalue weighted by molar-refractivity contribution is 14.0. The number of hydrogen-bond acceptors (Lipinski definition) is 3. The molecule has 3 N–H and O–H groups in total. The molecule has 0 unspecified atom stereocenters. The Kier molecular flexibility index (Phi) is 7.39. The summed E-state index contributed by atoms with van der Waals surface area (Å²) < 4.78 is 0. The molecule has 0 aromatic carbocycles. The number of nitrogens with one attached hydrogen (secondary N) is 1. The van der Waals surface area contributed by atoms with E-state index in [0.29, 0.717) is 18.5 Å². The Morgan fingerprint density at radius 1 is 1.22 bits per heavy atom. The summed E-state index contributed by atoms with van der Waals surface area (Å²) in [6.45, 7) is 2.85. The molecule has 3 rings (SSSR count). The number of pyridine rings is 1. The summed E-state index contributed by atoms with van der Waals surface area (Å²) in [6, 6.07) is 4.68. The molecule has 1 aromatic heterocycles. The summed E-state index contributed by atoms with van der Waals surface area (Å²) in [6.07, 6.45) is 10.8. The van der Waals surface area contributed by atoms with Gasteiger partial charge in [-0.15, -0.1) is 24.0 Å². The maximum Gasteiger partial charge on any atom is 0.189 e. The summed E-state index contributed by atoms with van der Waals surface area (Å²) in [7, 11) is 0. The molecule has 1 aliphatic carbocycles. The van der Waals surface area contributed by atoms with Gasteiger partial charge in [0, 0.05) is 25.3 Å². The van der Waals surface area contributed by atoms with Crippen molar-refractivity contribution in [2.75, 3.05) is 18.0 Å². The van der Waals surface area contributed by atoms with Gasteiger partial charge in [0.2, 0.25) is 0 Å². The highest BCUT2D eigenvalue weighted by Crippen LogP contribution is 2.19. The van der Waals surface area contributed by atoms with Crippen LogP contribution in [0.2, 0.25) is 0 Å². The van der Waals surface area contributed by atoms with Gasteiger partial charge in [0.1, 0.15) is 5.82 Å². The van der Waals surface area contributed by atoms with E-state index >= 15 is 0 Å². The lowest BCUT2D eigenvalue weighted by Gasteiger charge is -2.23. The molecule has 2 heterocycles. The van der Waals surface area contributed by atoms with Crippen LogP contribution in [0.25, 0.3) is 0 Å². The molecule has 0 radical (unpaired) electrons. The van der Waals surface area contributed by atoms with Crippen molar-refractivity contribution in [3.8, 4) is 0 Å². The first-order chi connectivity index (χ1) is 10.8. The number of aliphatic imine (C=N–C) groups is 1. The minimum atomic E-state index is 0. The van der Waals surface area contributed by atoms with E-state index in [0.717, 1.165) is 18.9 Å². The third-order valence-electron chi connectivity index (χ3n) is 4.63. The average molecular weight is 429 g/mol. The summed E-state index contributed by atoms with van der Waals surface area (Å²) in [5.41, 5.74) is 7.20. The van der Waals surface area contributed by atoms with Gasteiger partial charge in [-0.05, 0) is 43.4 Å². The number of rotatable bonds is 4. The highest BCUT2D eigenvalue weighted by atomic mass is 127. The van der Waals surface area contributed by atoms with E-state index in [-0.39, 0.29) is 24.0 Å². The van der Waals surface area contributed by atoms with Gasteiger partial charge in [0.15, 0.2) is 5.96 Å². The van der Waals surface area contributed by atoms with Crippen LogP contribution in [0.4, 0.5) is 5.82 Å². The SMILES string of the molecule is I.NC(=NCc1ccnc(N2CCCC2)c1)NC1CCCCC1. The van der Waals surface area contributed by atoms with Crippen LogP contribution >= 0.6 is 24.0 Å². The van der Waals surface area contributed by atoms with Gasteiger partial charge < -0.3 is 16.0 Å². The minimum absolute atomic E-state index is 0. The topological polar surface area (TPSA) is 66.5 Å².